The molecule has 0 spiro atoms. The molecule has 0 saturated carbocycles. The van der Waals surface area contributed by atoms with Gasteiger partial charge in [-0.1, -0.05) is 29.9 Å². The van der Waals surface area contributed by atoms with Crippen LogP contribution in [0.1, 0.15) is 29.3 Å². The summed E-state index contributed by atoms with van der Waals surface area (Å²) in [5, 5.41) is 14.9. The summed E-state index contributed by atoms with van der Waals surface area (Å²) in [5.74, 6) is -0.884. The van der Waals surface area contributed by atoms with Crippen molar-refractivity contribution in [3.05, 3.63) is 46.4 Å². The Kier molecular flexibility index (Phi) is 3.67. The number of rotatable bonds is 3. The van der Waals surface area contributed by atoms with E-state index in [4.69, 9.17) is 0 Å². The van der Waals surface area contributed by atoms with Gasteiger partial charge in [0.25, 0.3) is 0 Å². The number of carboxylic acid groups (broad SMARTS) is 1. The third-order valence-electron chi connectivity index (χ3n) is 2.84. The number of hydrogen-bond donors (Lipinski definition) is 2. The molecule has 94 valence electrons. The van der Waals surface area contributed by atoms with E-state index in [2.05, 4.69) is 17.5 Å². The fourth-order valence-electron chi connectivity index (χ4n) is 1.92. The first-order chi connectivity index (χ1) is 8.63. The average molecular weight is 261 g/mol. The number of carboxylic acids is 1. The highest BCUT2D eigenvalue weighted by atomic mass is 32.1. The van der Waals surface area contributed by atoms with Crippen LogP contribution in [0.2, 0.25) is 0 Å². The molecule has 0 radical (unpaired) electrons. The Morgan fingerprint density at radius 1 is 1.44 bits per heavy atom. The molecule has 1 aromatic heterocycles. The molecule has 3 nitrogen and oxygen atoms in total. The van der Waals surface area contributed by atoms with Gasteiger partial charge in [0, 0.05) is 18.0 Å². The lowest BCUT2D eigenvalue weighted by Crippen LogP contribution is -2.02. The van der Waals surface area contributed by atoms with Gasteiger partial charge in [0.15, 0.2) is 0 Å². The number of nitrogens with one attached hydrogen (secondary N) is 1. The van der Waals surface area contributed by atoms with Crippen molar-refractivity contribution in [2.24, 2.45) is 0 Å². The molecule has 1 aliphatic carbocycles. The van der Waals surface area contributed by atoms with E-state index in [1.54, 1.807) is 7.05 Å². The fourth-order valence-corrected chi connectivity index (χ4v) is 2.86. The van der Waals surface area contributed by atoms with Crippen molar-refractivity contribution >= 4 is 27.9 Å². The zero-order valence-electron chi connectivity index (χ0n) is 10.4. The Morgan fingerprint density at radius 3 is 2.89 bits per heavy atom. The second-order valence-corrected chi connectivity index (χ2v) is 5.00. The average Bonchev–Trinajstić information content (AvgIpc) is 2.66. The van der Waals surface area contributed by atoms with Crippen LogP contribution in [0, 0.1) is 0 Å². The van der Waals surface area contributed by atoms with Gasteiger partial charge in [0.2, 0.25) is 0 Å². The Bertz CT molecular complexity index is 564. The highest BCUT2D eigenvalue weighted by Crippen LogP contribution is 2.34. The number of carbonyl (C=O) groups is 1. The van der Waals surface area contributed by atoms with E-state index >= 15 is 0 Å². The summed E-state index contributed by atoms with van der Waals surface area (Å²) >= 11 is 1.43. The van der Waals surface area contributed by atoms with E-state index in [0.29, 0.717) is 10.6 Å². The monoisotopic (exact) mass is 261 g/mol. The SMILES string of the molecule is CNc1scc(C2=CC=C(C)C=CC2)c1C(=O)O. The summed E-state index contributed by atoms with van der Waals surface area (Å²) in [7, 11) is 1.74. The summed E-state index contributed by atoms with van der Waals surface area (Å²) in [6, 6.07) is 0. The third-order valence-corrected chi connectivity index (χ3v) is 3.84. The van der Waals surface area contributed by atoms with Gasteiger partial charge in [-0.3, -0.25) is 0 Å². The van der Waals surface area contributed by atoms with Gasteiger partial charge in [0.1, 0.15) is 10.6 Å². The summed E-state index contributed by atoms with van der Waals surface area (Å²) in [5.41, 5.74) is 3.40. The summed E-state index contributed by atoms with van der Waals surface area (Å²) in [6.45, 7) is 2.03. The molecule has 1 aliphatic rings. The summed E-state index contributed by atoms with van der Waals surface area (Å²) in [4.78, 5) is 11.4. The number of aromatic carboxylic acids is 1. The molecule has 0 aromatic carbocycles. The normalized spacial score (nSPS) is 14.8. The van der Waals surface area contributed by atoms with Crippen LogP contribution in [0.15, 0.2) is 35.3 Å². The first-order valence-electron chi connectivity index (χ1n) is 5.70. The minimum atomic E-state index is -0.884. The number of thiophene rings is 1. The molecule has 1 aromatic rings. The van der Waals surface area contributed by atoms with Crippen molar-refractivity contribution in [2.45, 2.75) is 13.3 Å². The van der Waals surface area contributed by atoms with Crippen molar-refractivity contribution in [3.8, 4) is 0 Å². The van der Waals surface area contributed by atoms with Gasteiger partial charge in [-0.25, -0.2) is 4.79 Å². The summed E-state index contributed by atoms with van der Waals surface area (Å²) in [6.07, 6.45) is 8.89. The van der Waals surface area contributed by atoms with Gasteiger partial charge < -0.3 is 10.4 Å². The molecule has 2 N–H and O–H groups in total. The maximum atomic E-state index is 11.4. The first kappa shape index (κ1) is 12.6. The van der Waals surface area contributed by atoms with Gasteiger partial charge in [0.05, 0.1) is 0 Å². The number of hydrogen-bond acceptors (Lipinski definition) is 3. The van der Waals surface area contributed by atoms with Crippen molar-refractivity contribution in [3.63, 3.8) is 0 Å². The zero-order chi connectivity index (χ0) is 13.1. The molecule has 0 bridgehead atoms. The fraction of sp³-hybridized carbons (Fsp3) is 0.214. The summed E-state index contributed by atoms with van der Waals surface area (Å²) < 4.78 is 0. The van der Waals surface area contributed by atoms with Gasteiger partial charge in [-0.2, -0.15) is 0 Å². The lowest BCUT2D eigenvalue weighted by molar-refractivity contribution is 0.0698. The zero-order valence-corrected chi connectivity index (χ0v) is 11.2. The molecule has 2 rings (SSSR count). The third kappa shape index (κ3) is 2.38. The molecule has 4 heteroatoms. The molecular weight excluding hydrogens is 246 g/mol. The predicted molar refractivity (Wildman–Crippen MR) is 76.3 cm³/mol. The maximum Gasteiger partial charge on any atom is 0.339 e. The predicted octanol–water partition coefficient (Wildman–Crippen LogP) is 3.78. The quantitative estimate of drug-likeness (QED) is 0.870. The molecule has 0 aliphatic heterocycles. The Morgan fingerprint density at radius 2 is 2.22 bits per heavy atom. The van der Waals surface area contributed by atoms with Crippen molar-refractivity contribution < 1.29 is 9.90 Å². The lowest BCUT2D eigenvalue weighted by atomic mass is 10.0. The van der Waals surface area contributed by atoms with Gasteiger partial charge >= 0.3 is 5.97 Å². The Labute approximate surface area is 110 Å². The lowest BCUT2D eigenvalue weighted by Gasteiger charge is -2.05. The van der Waals surface area contributed by atoms with E-state index in [1.807, 2.05) is 24.5 Å². The highest BCUT2D eigenvalue weighted by molar-refractivity contribution is 7.14. The molecule has 18 heavy (non-hydrogen) atoms. The van der Waals surface area contributed by atoms with Crippen LogP contribution in [0.4, 0.5) is 5.00 Å². The standard InChI is InChI=1S/C14H15NO2S/c1-9-4-3-5-10(7-6-9)11-8-18-13(15-2)12(11)14(16)17/h3-4,6-8,15H,5H2,1-2H3,(H,16,17). The van der Waals surface area contributed by atoms with E-state index in [-0.39, 0.29) is 0 Å². The van der Waals surface area contributed by atoms with Gasteiger partial charge in [-0.05, 0) is 18.9 Å². The van der Waals surface area contributed by atoms with Crippen LogP contribution in [-0.2, 0) is 0 Å². The number of allylic oxidation sites excluding steroid dienone is 6. The van der Waals surface area contributed by atoms with Crippen molar-refractivity contribution in [2.75, 3.05) is 12.4 Å². The minimum Gasteiger partial charge on any atom is -0.478 e. The first-order valence-corrected chi connectivity index (χ1v) is 6.58. The second-order valence-electron chi connectivity index (χ2n) is 4.12. The molecule has 0 saturated heterocycles. The van der Waals surface area contributed by atoms with Crippen LogP contribution in [0.3, 0.4) is 0 Å². The maximum absolute atomic E-state index is 11.4. The van der Waals surface area contributed by atoms with Gasteiger partial charge in [-0.15, -0.1) is 11.3 Å². The second kappa shape index (κ2) is 5.23. The van der Waals surface area contributed by atoms with E-state index in [0.717, 1.165) is 17.6 Å². The van der Waals surface area contributed by atoms with Crippen LogP contribution in [0.5, 0.6) is 0 Å². The van der Waals surface area contributed by atoms with Crippen LogP contribution in [-0.4, -0.2) is 18.1 Å². The molecule has 0 fully saturated rings. The van der Waals surface area contributed by atoms with E-state index in [9.17, 15) is 9.90 Å². The minimum absolute atomic E-state index is 0.370. The van der Waals surface area contributed by atoms with Crippen LogP contribution < -0.4 is 5.32 Å². The van der Waals surface area contributed by atoms with Crippen LogP contribution >= 0.6 is 11.3 Å². The van der Waals surface area contributed by atoms with E-state index < -0.39 is 5.97 Å². The molecule has 0 unspecified atom stereocenters. The van der Waals surface area contributed by atoms with Crippen LogP contribution in [0.25, 0.3) is 5.57 Å². The Balaban J connectivity index is 2.49. The molecule has 0 atom stereocenters. The van der Waals surface area contributed by atoms with Crippen molar-refractivity contribution in [1.29, 1.82) is 0 Å². The molecule has 1 heterocycles. The largest absolute Gasteiger partial charge is 0.478 e. The number of anilines is 1. The van der Waals surface area contributed by atoms with E-state index in [1.165, 1.54) is 16.9 Å². The van der Waals surface area contributed by atoms with Crippen molar-refractivity contribution in [1.82, 2.24) is 0 Å². The highest BCUT2D eigenvalue weighted by Gasteiger charge is 2.19. The smallest absolute Gasteiger partial charge is 0.339 e. The topological polar surface area (TPSA) is 49.3 Å². The molecule has 0 amide bonds. The molecular formula is C14H15NO2S. The Hall–Kier alpha value is -1.81.